The van der Waals surface area contributed by atoms with Crippen molar-refractivity contribution in [1.29, 1.82) is 0 Å². The fraction of sp³-hybridized carbons (Fsp3) is 0.556. The van der Waals surface area contributed by atoms with E-state index in [4.69, 9.17) is 21.1 Å². The third kappa shape index (κ3) is 2.56. The first-order chi connectivity index (χ1) is 6.84. The second-order valence-electron chi connectivity index (χ2n) is 3.23. The van der Waals surface area contributed by atoms with E-state index in [0.717, 1.165) is 19.6 Å². The highest BCUT2D eigenvalue weighted by atomic mass is 35.5. The molecule has 2 heterocycles. The molecule has 0 N–H and O–H groups in total. The number of halogens is 1. The molecule has 5 heteroatoms. The molecule has 0 spiro atoms. The Morgan fingerprint density at radius 3 is 3.07 bits per heavy atom. The number of ether oxygens (including phenoxy) is 2. The Morgan fingerprint density at radius 1 is 1.50 bits per heavy atom. The highest BCUT2D eigenvalue weighted by Crippen LogP contribution is 2.14. The summed E-state index contributed by atoms with van der Waals surface area (Å²) in [5.41, 5.74) is 0. The van der Waals surface area contributed by atoms with Gasteiger partial charge in [-0.1, -0.05) is 11.6 Å². The van der Waals surface area contributed by atoms with Crippen molar-refractivity contribution in [3.8, 4) is 5.88 Å². The van der Waals surface area contributed by atoms with Gasteiger partial charge >= 0.3 is 0 Å². The van der Waals surface area contributed by atoms with E-state index < -0.39 is 0 Å². The van der Waals surface area contributed by atoms with Crippen LogP contribution in [0.25, 0.3) is 0 Å². The van der Waals surface area contributed by atoms with Crippen molar-refractivity contribution < 1.29 is 9.47 Å². The lowest BCUT2D eigenvalue weighted by Gasteiger charge is -2.08. The van der Waals surface area contributed by atoms with Crippen molar-refractivity contribution in [3.05, 3.63) is 17.3 Å². The normalized spacial score (nSPS) is 21.1. The smallest absolute Gasteiger partial charge is 0.233 e. The molecule has 1 atom stereocenters. The van der Waals surface area contributed by atoms with Crippen LogP contribution < -0.4 is 4.74 Å². The average Bonchev–Trinajstić information content (AvgIpc) is 2.70. The Bertz CT molecular complexity index is 285. The van der Waals surface area contributed by atoms with Gasteiger partial charge in [-0.2, -0.15) is 0 Å². The molecule has 0 aliphatic carbocycles. The first-order valence-electron chi connectivity index (χ1n) is 4.54. The average molecular weight is 215 g/mol. The predicted molar refractivity (Wildman–Crippen MR) is 51.5 cm³/mol. The van der Waals surface area contributed by atoms with Gasteiger partial charge in [0, 0.05) is 18.6 Å². The lowest BCUT2D eigenvalue weighted by Crippen LogP contribution is -2.12. The zero-order valence-corrected chi connectivity index (χ0v) is 8.41. The Morgan fingerprint density at radius 2 is 2.43 bits per heavy atom. The largest absolute Gasteiger partial charge is 0.476 e. The van der Waals surface area contributed by atoms with E-state index in [1.54, 1.807) is 12.1 Å². The summed E-state index contributed by atoms with van der Waals surface area (Å²) in [4.78, 5) is 0. The minimum atomic E-state index is 0.376. The molecule has 76 valence electrons. The summed E-state index contributed by atoms with van der Waals surface area (Å²) in [7, 11) is 0. The molecule has 1 saturated heterocycles. The predicted octanol–water partition coefficient (Wildman–Crippen LogP) is 1.55. The first kappa shape index (κ1) is 9.68. The highest BCUT2D eigenvalue weighted by molar-refractivity contribution is 6.29. The van der Waals surface area contributed by atoms with E-state index in [9.17, 15) is 0 Å². The van der Waals surface area contributed by atoms with E-state index in [0.29, 0.717) is 23.6 Å². The zero-order valence-electron chi connectivity index (χ0n) is 7.65. The molecule has 1 aliphatic rings. The van der Waals surface area contributed by atoms with E-state index in [2.05, 4.69) is 10.2 Å². The van der Waals surface area contributed by atoms with Crippen LogP contribution in [0.3, 0.4) is 0 Å². The molecule has 2 rings (SSSR count). The van der Waals surface area contributed by atoms with Crippen molar-refractivity contribution in [2.45, 2.75) is 6.42 Å². The van der Waals surface area contributed by atoms with Gasteiger partial charge in [-0.3, -0.25) is 0 Å². The van der Waals surface area contributed by atoms with Crippen molar-refractivity contribution >= 4 is 11.6 Å². The van der Waals surface area contributed by atoms with Crippen LogP contribution in [0.4, 0.5) is 0 Å². The van der Waals surface area contributed by atoms with Crippen LogP contribution in [-0.4, -0.2) is 30.0 Å². The quantitative estimate of drug-likeness (QED) is 0.766. The summed E-state index contributed by atoms with van der Waals surface area (Å²) in [6, 6.07) is 3.38. The number of aromatic nitrogens is 2. The fourth-order valence-corrected chi connectivity index (χ4v) is 1.40. The fourth-order valence-electron chi connectivity index (χ4n) is 1.30. The molecule has 14 heavy (non-hydrogen) atoms. The van der Waals surface area contributed by atoms with E-state index >= 15 is 0 Å². The van der Waals surface area contributed by atoms with Crippen LogP contribution in [0.1, 0.15) is 6.42 Å². The van der Waals surface area contributed by atoms with Crippen LogP contribution in [0.2, 0.25) is 5.15 Å². The van der Waals surface area contributed by atoms with Crippen molar-refractivity contribution in [3.63, 3.8) is 0 Å². The van der Waals surface area contributed by atoms with Gasteiger partial charge in [-0.05, 0) is 12.5 Å². The summed E-state index contributed by atoms with van der Waals surface area (Å²) in [6.07, 6.45) is 1.06. The standard InChI is InChI=1S/C9H11ClN2O2/c10-8-1-2-9(12-11-8)14-6-7-3-4-13-5-7/h1-2,7H,3-6H2. The first-order valence-corrected chi connectivity index (χ1v) is 4.92. The Balaban J connectivity index is 1.82. The maximum Gasteiger partial charge on any atom is 0.233 e. The Labute approximate surface area is 87.2 Å². The molecule has 1 aromatic heterocycles. The van der Waals surface area contributed by atoms with Crippen molar-refractivity contribution in [1.82, 2.24) is 10.2 Å². The number of rotatable bonds is 3. The Kier molecular flexibility index (Phi) is 3.16. The third-order valence-corrected chi connectivity index (χ3v) is 2.30. The molecule has 0 saturated carbocycles. The minimum Gasteiger partial charge on any atom is -0.476 e. The molecule has 1 unspecified atom stereocenters. The molecular formula is C9H11ClN2O2. The van der Waals surface area contributed by atoms with Gasteiger partial charge in [0.15, 0.2) is 5.15 Å². The molecule has 0 radical (unpaired) electrons. The molecule has 0 bridgehead atoms. The molecule has 4 nitrogen and oxygen atoms in total. The summed E-state index contributed by atoms with van der Waals surface area (Å²) >= 11 is 5.59. The van der Waals surface area contributed by atoms with Gasteiger partial charge < -0.3 is 9.47 Å². The maximum absolute atomic E-state index is 5.59. The number of hydrogen-bond donors (Lipinski definition) is 0. The van der Waals surface area contributed by atoms with E-state index in [1.165, 1.54) is 0 Å². The minimum absolute atomic E-state index is 0.376. The van der Waals surface area contributed by atoms with E-state index in [1.807, 2.05) is 0 Å². The number of nitrogens with zero attached hydrogens (tertiary/aromatic N) is 2. The summed E-state index contributed by atoms with van der Waals surface area (Å²) < 4.78 is 10.7. The zero-order chi connectivity index (χ0) is 9.80. The molecule has 1 aromatic rings. The monoisotopic (exact) mass is 214 g/mol. The van der Waals surface area contributed by atoms with Crippen LogP contribution in [0.15, 0.2) is 12.1 Å². The van der Waals surface area contributed by atoms with Crippen LogP contribution in [0.5, 0.6) is 5.88 Å². The maximum atomic E-state index is 5.59. The lowest BCUT2D eigenvalue weighted by atomic mass is 10.1. The summed E-state index contributed by atoms with van der Waals surface area (Å²) in [6.45, 7) is 2.25. The number of hydrogen-bond acceptors (Lipinski definition) is 4. The molecular weight excluding hydrogens is 204 g/mol. The van der Waals surface area contributed by atoms with Gasteiger partial charge in [0.2, 0.25) is 5.88 Å². The second kappa shape index (κ2) is 4.57. The van der Waals surface area contributed by atoms with Crippen molar-refractivity contribution in [2.75, 3.05) is 19.8 Å². The Hall–Kier alpha value is -0.870. The molecule has 0 aromatic carbocycles. The van der Waals surface area contributed by atoms with E-state index in [-0.39, 0.29) is 0 Å². The summed E-state index contributed by atoms with van der Waals surface area (Å²) in [5, 5.41) is 7.85. The third-order valence-electron chi connectivity index (χ3n) is 2.10. The topological polar surface area (TPSA) is 44.2 Å². The molecule has 1 fully saturated rings. The molecule has 1 aliphatic heterocycles. The van der Waals surface area contributed by atoms with Gasteiger partial charge in [-0.15, -0.1) is 10.2 Å². The van der Waals surface area contributed by atoms with Gasteiger partial charge in [0.25, 0.3) is 0 Å². The van der Waals surface area contributed by atoms with Crippen LogP contribution in [0, 0.1) is 5.92 Å². The lowest BCUT2D eigenvalue weighted by molar-refractivity contribution is 0.165. The van der Waals surface area contributed by atoms with Crippen LogP contribution in [-0.2, 0) is 4.74 Å². The van der Waals surface area contributed by atoms with Crippen molar-refractivity contribution in [2.24, 2.45) is 5.92 Å². The molecule has 0 amide bonds. The van der Waals surface area contributed by atoms with Gasteiger partial charge in [0.05, 0.1) is 13.2 Å². The van der Waals surface area contributed by atoms with Gasteiger partial charge in [0.1, 0.15) is 0 Å². The van der Waals surface area contributed by atoms with Crippen LogP contribution >= 0.6 is 11.6 Å². The van der Waals surface area contributed by atoms with Gasteiger partial charge in [-0.25, -0.2) is 0 Å². The summed E-state index contributed by atoms with van der Waals surface area (Å²) in [5.74, 6) is 0.994. The second-order valence-corrected chi connectivity index (χ2v) is 3.62. The highest BCUT2D eigenvalue weighted by Gasteiger charge is 2.16. The SMILES string of the molecule is Clc1ccc(OCC2CCOC2)nn1.